The first kappa shape index (κ1) is 17.7. The Morgan fingerprint density at radius 1 is 1.04 bits per heavy atom. The first-order valence-corrected chi connectivity index (χ1v) is 9.27. The number of carbonyl (C=O) groups excluding carboxylic acids is 1. The molecule has 0 bridgehead atoms. The minimum absolute atomic E-state index is 0.237. The SMILES string of the molecule is N=C(Nc1ccc(CCCC(=O)N2CCOCC2)cc1)N1CCCC1. The van der Waals surface area contributed by atoms with Crippen LogP contribution in [0.25, 0.3) is 0 Å². The van der Waals surface area contributed by atoms with E-state index in [2.05, 4.69) is 22.3 Å². The molecule has 2 fully saturated rings. The van der Waals surface area contributed by atoms with E-state index in [1.54, 1.807) is 0 Å². The van der Waals surface area contributed by atoms with Gasteiger partial charge in [-0.25, -0.2) is 0 Å². The Hall–Kier alpha value is -2.08. The Balaban J connectivity index is 1.39. The van der Waals surface area contributed by atoms with Crippen LogP contribution in [0.4, 0.5) is 5.69 Å². The molecule has 1 aromatic rings. The van der Waals surface area contributed by atoms with Crippen LogP contribution in [-0.2, 0) is 16.0 Å². The van der Waals surface area contributed by atoms with Crippen molar-refractivity contribution >= 4 is 17.6 Å². The van der Waals surface area contributed by atoms with Gasteiger partial charge in [-0.1, -0.05) is 12.1 Å². The van der Waals surface area contributed by atoms with Crippen LogP contribution in [0.15, 0.2) is 24.3 Å². The second-order valence-corrected chi connectivity index (χ2v) is 6.71. The molecule has 0 saturated carbocycles. The molecule has 2 saturated heterocycles. The lowest BCUT2D eigenvalue weighted by Gasteiger charge is -2.26. The quantitative estimate of drug-likeness (QED) is 0.635. The zero-order valence-corrected chi connectivity index (χ0v) is 14.8. The third-order valence-electron chi connectivity index (χ3n) is 4.86. The summed E-state index contributed by atoms with van der Waals surface area (Å²) in [4.78, 5) is 16.1. The number of likely N-dealkylation sites (tertiary alicyclic amines) is 1. The van der Waals surface area contributed by atoms with Crippen LogP contribution in [0, 0.1) is 5.41 Å². The number of rotatable bonds is 5. The summed E-state index contributed by atoms with van der Waals surface area (Å²) in [5.41, 5.74) is 2.18. The fourth-order valence-corrected chi connectivity index (χ4v) is 3.33. The van der Waals surface area contributed by atoms with E-state index in [1.165, 1.54) is 18.4 Å². The molecule has 2 aliphatic rings. The summed E-state index contributed by atoms with van der Waals surface area (Å²) in [5.74, 6) is 0.724. The number of ether oxygens (including phenoxy) is 1. The fraction of sp³-hybridized carbons (Fsp3) is 0.579. The molecule has 2 aliphatic heterocycles. The molecule has 0 unspecified atom stereocenters. The van der Waals surface area contributed by atoms with Crippen LogP contribution >= 0.6 is 0 Å². The van der Waals surface area contributed by atoms with Crippen LogP contribution in [0.5, 0.6) is 0 Å². The molecule has 3 rings (SSSR count). The van der Waals surface area contributed by atoms with E-state index in [1.807, 2.05) is 17.0 Å². The molecule has 0 atom stereocenters. The summed E-state index contributed by atoms with van der Waals surface area (Å²) in [5, 5.41) is 11.3. The maximum atomic E-state index is 12.1. The second kappa shape index (κ2) is 8.85. The number of aryl methyl sites for hydroxylation is 1. The Kier molecular flexibility index (Phi) is 6.28. The number of hydrogen-bond acceptors (Lipinski definition) is 3. The molecule has 0 radical (unpaired) electrons. The molecule has 25 heavy (non-hydrogen) atoms. The normalized spacial score (nSPS) is 17.6. The average Bonchev–Trinajstić information content (AvgIpc) is 3.19. The Morgan fingerprint density at radius 2 is 1.72 bits per heavy atom. The number of guanidine groups is 1. The highest BCUT2D eigenvalue weighted by molar-refractivity contribution is 5.91. The van der Waals surface area contributed by atoms with Gasteiger partial charge >= 0.3 is 0 Å². The van der Waals surface area contributed by atoms with Gasteiger partial charge in [-0.3, -0.25) is 10.2 Å². The largest absolute Gasteiger partial charge is 0.378 e. The number of hydrogen-bond donors (Lipinski definition) is 2. The van der Waals surface area contributed by atoms with Crippen molar-refractivity contribution in [2.45, 2.75) is 32.1 Å². The van der Waals surface area contributed by atoms with Crippen LogP contribution in [0.3, 0.4) is 0 Å². The van der Waals surface area contributed by atoms with Crippen LogP contribution < -0.4 is 5.32 Å². The number of carbonyl (C=O) groups is 1. The number of morpholine rings is 1. The third-order valence-corrected chi connectivity index (χ3v) is 4.86. The van der Waals surface area contributed by atoms with Gasteiger partial charge in [0.1, 0.15) is 0 Å². The molecule has 0 aliphatic carbocycles. The lowest BCUT2D eigenvalue weighted by Crippen LogP contribution is -2.40. The fourth-order valence-electron chi connectivity index (χ4n) is 3.33. The monoisotopic (exact) mass is 344 g/mol. The maximum Gasteiger partial charge on any atom is 0.222 e. The highest BCUT2D eigenvalue weighted by atomic mass is 16.5. The number of anilines is 1. The van der Waals surface area contributed by atoms with Crippen molar-refractivity contribution in [3.05, 3.63) is 29.8 Å². The first-order valence-electron chi connectivity index (χ1n) is 9.27. The lowest BCUT2D eigenvalue weighted by molar-refractivity contribution is -0.135. The minimum Gasteiger partial charge on any atom is -0.378 e. The van der Waals surface area contributed by atoms with Crippen molar-refractivity contribution in [1.29, 1.82) is 5.41 Å². The molecule has 136 valence electrons. The third kappa shape index (κ3) is 5.19. The zero-order valence-electron chi connectivity index (χ0n) is 14.8. The van der Waals surface area contributed by atoms with Crippen LogP contribution in [0.1, 0.15) is 31.2 Å². The van der Waals surface area contributed by atoms with E-state index in [0.29, 0.717) is 25.6 Å². The zero-order chi connectivity index (χ0) is 17.5. The van der Waals surface area contributed by atoms with Gasteiger partial charge in [0, 0.05) is 38.3 Å². The van der Waals surface area contributed by atoms with E-state index < -0.39 is 0 Å². The molecular weight excluding hydrogens is 316 g/mol. The van der Waals surface area contributed by atoms with Crippen LogP contribution in [0.2, 0.25) is 0 Å². The van der Waals surface area contributed by atoms with E-state index in [9.17, 15) is 4.79 Å². The molecule has 1 aromatic carbocycles. The number of nitrogens with zero attached hydrogens (tertiary/aromatic N) is 2. The Morgan fingerprint density at radius 3 is 2.40 bits per heavy atom. The topological polar surface area (TPSA) is 68.7 Å². The van der Waals surface area contributed by atoms with E-state index in [4.69, 9.17) is 10.1 Å². The average molecular weight is 344 g/mol. The molecule has 1 amide bonds. The van der Waals surface area contributed by atoms with Gasteiger partial charge in [-0.05, 0) is 43.4 Å². The molecule has 6 nitrogen and oxygen atoms in total. The highest BCUT2D eigenvalue weighted by Gasteiger charge is 2.16. The van der Waals surface area contributed by atoms with E-state index in [0.717, 1.165) is 44.7 Å². The van der Waals surface area contributed by atoms with Gasteiger partial charge in [0.2, 0.25) is 5.91 Å². The van der Waals surface area contributed by atoms with E-state index in [-0.39, 0.29) is 5.91 Å². The Bertz CT molecular complexity index is 576. The molecule has 0 aromatic heterocycles. The summed E-state index contributed by atoms with van der Waals surface area (Å²) in [6.45, 7) is 4.71. The molecule has 0 spiro atoms. The predicted octanol–water partition coefficient (Wildman–Crippen LogP) is 2.31. The molecular formula is C19H28N4O2. The smallest absolute Gasteiger partial charge is 0.222 e. The van der Waals surface area contributed by atoms with Crippen molar-refractivity contribution in [3.8, 4) is 0 Å². The highest BCUT2D eigenvalue weighted by Crippen LogP contribution is 2.14. The van der Waals surface area contributed by atoms with Gasteiger partial charge in [0.25, 0.3) is 0 Å². The summed E-state index contributed by atoms with van der Waals surface area (Å²) < 4.78 is 5.28. The summed E-state index contributed by atoms with van der Waals surface area (Å²) in [6.07, 6.45) is 4.71. The summed E-state index contributed by atoms with van der Waals surface area (Å²) >= 11 is 0. The number of benzene rings is 1. The lowest BCUT2D eigenvalue weighted by atomic mass is 10.1. The number of nitrogens with one attached hydrogen (secondary N) is 2. The first-order chi connectivity index (χ1) is 12.2. The Labute approximate surface area is 149 Å². The minimum atomic E-state index is 0.237. The van der Waals surface area contributed by atoms with Gasteiger partial charge in [0.15, 0.2) is 5.96 Å². The molecule has 6 heteroatoms. The van der Waals surface area contributed by atoms with Gasteiger partial charge in [-0.15, -0.1) is 0 Å². The molecule has 2 N–H and O–H groups in total. The van der Waals surface area contributed by atoms with Gasteiger partial charge < -0.3 is 19.9 Å². The van der Waals surface area contributed by atoms with E-state index >= 15 is 0 Å². The predicted molar refractivity (Wildman–Crippen MR) is 98.9 cm³/mol. The van der Waals surface area contributed by atoms with Gasteiger partial charge in [-0.2, -0.15) is 0 Å². The van der Waals surface area contributed by atoms with Gasteiger partial charge in [0.05, 0.1) is 13.2 Å². The standard InChI is InChI=1S/C19H28N4O2/c20-19(23-10-1-2-11-23)21-17-8-6-16(7-9-17)4-3-5-18(24)22-12-14-25-15-13-22/h6-9H,1-5,10-15H2,(H2,20,21). The summed E-state index contributed by atoms with van der Waals surface area (Å²) in [7, 11) is 0. The second-order valence-electron chi connectivity index (χ2n) is 6.71. The summed E-state index contributed by atoms with van der Waals surface area (Å²) in [6, 6.07) is 8.20. The number of amides is 1. The van der Waals surface area contributed by atoms with Crippen molar-refractivity contribution in [1.82, 2.24) is 9.80 Å². The van der Waals surface area contributed by atoms with Crippen molar-refractivity contribution in [2.24, 2.45) is 0 Å². The van der Waals surface area contributed by atoms with Crippen molar-refractivity contribution in [3.63, 3.8) is 0 Å². The van der Waals surface area contributed by atoms with Crippen molar-refractivity contribution < 1.29 is 9.53 Å². The molecule has 2 heterocycles. The van der Waals surface area contributed by atoms with Crippen molar-refractivity contribution in [2.75, 3.05) is 44.7 Å². The van der Waals surface area contributed by atoms with Crippen LogP contribution in [-0.4, -0.2) is 61.1 Å². The maximum absolute atomic E-state index is 12.1.